The minimum Gasteiger partial charge on any atom is -0.330 e. The van der Waals surface area contributed by atoms with Crippen LogP contribution in [0.3, 0.4) is 0 Å². The van der Waals surface area contributed by atoms with Gasteiger partial charge in [0.1, 0.15) is 0 Å². The van der Waals surface area contributed by atoms with Gasteiger partial charge >= 0.3 is 0 Å². The molecule has 0 aromatic rings. The lowest BCUT2D eigenvalue weighted by molar-refractivity contribution is 0.176. The van der Waals surface area contributed by atoms with E-state index in [2.05, 4.69) is 23.8 Å². The van der Waals surface area contributed by atoms with Gasteiger partial charge in [0.2, 0.25) is 0 Å². The average Bonchev–Trinajstić information content (AvgIpc) is 2.31. The maximum atomic E-state index is 5.45. The molecule has 0 aromatic heterocycles. The van der Waals surface area contributed by atoms with E-state index in [1.807, 2.05) is 0 Å². The molecule has 1 saturated heterocycles. The van der Waals surface area contributed by atoms with E-state index in [0.29, 0.717) is 6.17 Å². The molecule has 1 aliphatic rings. The third-order valence-electron chi connectivity index (χ3n) is 2.56. The molecule has 1 fully saturated rings. The second kappa shape index (κ2) is 4.04. The lowest BCUT2D eigenvalue weighted by Gasteiger charge is -2.23. The van der Waals surface area contributed by atoms with Gasteiger partial charge in [0.25, 0.3) is 0 Å². The van der Waals surface area contributed by atoms with Gasteiger partial charge in [-0.2, -0.15) is 0 Å². The molecule has 2 N–H and O–H groups in total. The standard InChI is InChI=1S/C8H19N3/c1-8-10(2)6-7-11(8)5-3-4-9/h8H,3-7,9H2,1-2H3. The molecule has 3 heteroatoms. The molecule has 0 radical (unpaired) electrons. The first-order valence-corrected chi connectivity index (χ1v) is 4.40. The molecule has 1 rings (SSSR count). The van der Waals surface area contributed by atoms with Crippen molar-refractivity contribution in [2.45, 2.75) is 19.5 Å². The summed E-state index contributed by atoms with van der Waals surface area (Å²) in [5, 5.41) is 0. The Kier molecular flexibility index (Phi) is 3.30. The molecule has 0 amide bonds. The molecule has 1 heterocycles. The molecule has 0 saturated carbocycles. The molecular weight excluding hydrogens is 138 g/mol. The Morgan fingerprint density at radius 1 is 1.45 bits per heavy atom. The van der Waals surface area contributed by atoms with Gasteiger partial charge < -0.3 is 5.73 Å². The van der Waals surface area contributed by atoms with Gasteiger partial charge in [-0.1, -0.05) is 0 Å². The monoisotopic (exact) mass is 157 g/mol. The van der Waals surface area contributed by atoms with Crippen LogP contribution in [0, 0.1) is 0 Å². The fourth-order valence-electron chi connectivity index (χ4n) is 1.53. The van der Waals surface area contributed by atoms with Crippen molar-refractivity contribution < 1.29 is 0 Å². The third-order valence-corrected chi connectivity index (χ3v) is 2.56. The zero-order valence-electron chi connectivity index (χ0n) is 7.58. The number of nitrogens with zero attached hydrogens (tertiary/aromatic N) is 2. The van der Waals surface area contributed by atoms with Gasteiger partial charge in [-0.3, -0.25) is 9.80 Å². The van der Waals surface area contributed by atoms with Crippen LogP contribution in [0.4, 0.5) is 0 Å². The SMILES string of the molecule is CC1N(C)CCN1CCCN. The molecule has 0 aliphatic carbocycles. The number of nitrogens with two attached hydrogens (primary N) is 1. The topological polar surface area (TPSA) is 32.5 Å². The average molecular weight is 157 g/mol. The molecule has 66 valence electrons. The normalized spacial score (nSPS) is 28.1. The lowest BCUT2D eigenvalue weighted by Crippen LogP contribution is -2.35. The van der Waals surface area contributed by atoms with Gasteiger partial charge in [0, 0.05) is 19.6 Å². The van der Waals surface area contributed by atoms with E-state index < -0.39 is 0 Å². The van der Waals surface area contributed by atoms with Crippen LogP contribution >= 0.6 is 0 Å². The zero-order chi connectivity index (χ0) is 8.27. The first-order valence-electron chi connectivity index (χ1n) is 4.40. The molecule has 1 unspecified atom stereocenters. The Bertz CT molecular complexity index is 116. The maximum Gasteiger partial charge on any atom is 0.0591 e. The Morgan fingerprint density at radius 3 is 2.64 bits per heavy atom. The largest absolute Gasteiger partial charge is 0.330 e. The van der Waals surface area contributed by atoms with Crippen molar-refractivity contribution in [2.75, 3.05) is 33.2 Å². The van der Waals surface area contributed by atoms with Gasteiger partial charge in [-0.25, -0.2) is 0 Å². The van der Waals surface area contributed by atoms with E-state index >= 15 is 0 Å². The summed E-state index contributed by atoms with van der Waals surface area (Å²) in [7, 11) is 2.17. The van der Waals surface area contributed by atoms with Crippen molar-refractivity contribution >= 4 is 0 Å². The number of hydrogen-bond acceptors (Lipinski definition) is 3. The Balaban J connectivity index is 2.24. The van der Waals surface area contributed by atoms with E-state index in [9.17, 15) is 0 Å². The minimum atomic E-state index is 0.613. The summed E-state index contributed by atoms with van der Waals surface area (Å²) in [5.41, 5.74) is 5.45. The van der Waals surface area contributed by atoms with Crippen LogP contribution in [0.2, 0.25) is 0 Å². The molecule has 1 aliphatic heterocycles. The molecule has 0 bridgehead atoms. The van der Waals surface area contributed by atoms with Gasteiger partial charge in [-0.15, -0.1) is 0 Å². The second-order valence-electron chi connectivity index (χ2n) is 3.29. The quantitative estimate of drug-likeness (QED) is 0.622. The second-order valence-corrected chi connectivity index (χ2v) is 3.29. The number of rotatable bonds is 3. The summed E-state index contributed by atoms with van der Waals surface area (Å²) in [6.45, 7) is 6.63. The summed E-state index contributed by atoms with van der Waals surface area (Å²) < 4.78 is 0. The van der Waals surface area contributed by atoms with E-state index in [1.165, 1.54) is 13.1 Å². The van der Waals surface area contributed by atoms with Gasteiger partial charge in [0.05, 0.1) is 6.17 Å². The van der Waals surface area contributed by atoms with Crippen molar-refractivity contribution in [1.82, 2.24) is 9.80 Å². The molecule has 0 spiro atoms. The highest BCUT2D eigenvalue weighted by atomic mass is 15.4. The molecule has 1 atom stereocenters. The summed E-state index contributed by atoms with van der Waals surface area (Å²) >= 11 is 0. The van der Waals surface area contributed by atoms with Crippen LogP contribution in [0.1, 0.15) is 13.3 Å². The Labute approximate surface area is 69.1 Å². The van der Waals surface area contributed by atoms with Crippen molar-refractivity contribution in [3.05, 3.63) is 0 Å². The molecule has 11 heavy (non-hydrogen) atoms. The predicted molar refractivity (Wildman–Crippen MR) is 47.3 cm³/mol. The Morgan fingerprint density at radius 2 is 2.18 bits per heavy atom. The van der Waals surface area contributed by atoms with Gasteiger partial charge in [0.15, 0.2) is 0 Å². The van der Waals surface area contributed by atoms with E-state index in [-0.39, 0.29) is 0 Å². The maximum absolute atomic E-state index is 5.45. The highest BCUT2D eigenvalue weighted by molar-refractivity contribution is 4.75. The van der Waals surface area contributed by atoms with Crippen molar-refractivity contribution in [2.24, 2.45) is 5.73 Å². The van der Waals surface area contributed by atoms with Crippen molar-refractivity contribution in [3.63, 3.8) is 0 Å². The predicted octanol–water partition coefficient (Wildman–Crippen LogP) is -0.0714. The van der Waals surface area contributed by atoms with Crippen molar-refractivity contribution in [1.29, 1.82) is 0 Å². The minimum absolute atomic E-state index is 0.613. The van der Waals surface area contributed by atoms with Crippen LogP contribution in [0.25, 0.3) is 0 Å². The molecule has 3 nitrogen and oxygen atoms in total. The number of likely N-dealkylation sites (N-methyl/N-ethyl adjacent to an activating group) is 1. The molecule has 0 aromatic carbocycles. The molecular formula is C8H19N3. The smallest absolute Gasteiger partial charge is 0.0591 e. The van der Waals surface area contributed by atoms with Crippen LogP contribution in [-0.4, -0.2) is 49.2 Å². The lowest BCUT2D eigenvalue weighted by atomic mass is 10.3. The summed E-state index contributed by atoms with van der Waals surface area (Å²) in [5.74, 6) is 0. The highest BCUT2D eigenvalue weighted by Crippen LogP contribution is 2.10. The van der Waals surface area contributed by atoms with Gasteiger partial charge in [-0.05, 0) is 26.9 Å². The van der Waals surface area contributed by atoms with Crippen LogP contribution in [0.15, 0.2) is 0 Å². The van der Waals surface area contributed by atoms with Crippen LogP contribution in [0.5, 0.6) is 0 Å². The first kappa shape index (κ1) is 8.97. The van der Waals surface area contributed by atoms with Crippen LogP contribution in [-0.2, 0) is 0 Å². The fraction of sp³-hybridized carbons (Fsp3) is 1.00. The third kappa shape index (κ3) is 2.15. The Hall–Kier alpha value is -0.120. The fourth-order valence-corrected chi connectivity index (χ4v) is 1.53. The van der Waals surface area contributed by atoms with Crippen molar-refractivity contribution in [3.8, 4) is 0 Å². The number of hydrogen-bond donors (Lipinski definition) is 1. The first-order chi connectivity index (χ1) is 5.25. The zero-order valence-corrected chi connectivity index (χ0v) is 7.58. The van der Waals surface area contributed by atoms with Crippen LogP contribution < -0.4 is 5.73 Å². The summed E-state index contributed by atoms with van der Waals surface area (Å²) in [6.07, 6.45) is 1.74. The highest BCUT2D eigenvalue weighted by Gasteiger charge is 2.23. The van der Waals surface area contributed by atoms with E-state index in [4.69, 9.17) is 5.73 Å². The summed E-state index contributed by atoms with van der Waals surface area (Å²) in [6, 6.07) is 0. The van der Waals surface area contributed by atoms with E-state index in [1.54, 1.807) is 0 Å². The van der Waals surface area contributed by atoms with E-state index in [0.717, 1.165) is 19.5 Å². The summed E-state index contributed by atoms with van der Waals surface area (Å²) in [4.78, 5) is 4.85.